The molecule has 1 saturated heterocycles. The van der Waals surface area contributed by atoms with Gasteiger partial charge in [0.1, 0.15) is 0 Å². The molecule has 2 aromatic rings. The van der Waals surface area contributed by atoms with Crippen LogP contribution in [0.4, 0.5) is 5.69 Å². The van der Waals surface area contributed by atoms with Gasteiger partial charge >= 0.3 is 0 Å². The maximum absolute atomic E-state index is 12.3. The van der Waals surface area contributed by atoms with Crippen molar-refractivity contribution in [3.05, 3.63) is 64.7 Å². The van der Waals surface area contributed by atoms with Crippen molar-refractivity contribution in [1.82, 2.24) is 4.90 Å². The monoisotopic (exact) mass is 328 g/mol. The van der Waals surface area contributed by atoms with Gasteiger partial charge in [0.15, 0.2) is 0 Å². The molecule has 0 aromatic heterocycles. The topological polar surface area (TPSA) is 32.3 Å². The predicted molar refractivity (Wildman–Crippen MR) is 95.0 cm³/mol. The van der Waals surface area contributed by atoms with Gasteiger partial charge in [-0.1, -0.05) is 36.2 Å². The summed E-state index contributed by atoms with van der Waals surface area (Å²) in [6.45, 7) is 3.32. The molecule has 0 unspecified atom stereocenters. The Balaban J connectivity index is 1.60. The largest absolute Gasteiger partial charge is 0.322 e. The van der Waals surface area contributed by atoms with Gasteiger partial charge in [-0.2, -0.15) is 0 Å². The number of nitrogens with zero attached hydrogens (tertiary/aromatic N) is 1. The van der Waals surface area contributed by atoms with Crippen LogP contribution in [-0.4, -0.2) is 23.9 Å². The van der Waals surface area contributed by atoms with Crippen molar-refractivity contribution in [1.29, 1.82) is 0 Å². The third kappa shape index (κ3) is 4.57. The summed E-state index contributed by atoms with van der Waals surface area (Å²) in [6.07, 6.45) is 3.93. The molecule has 1 heterocycles. The number of hydrogen-bond acceptors (Lipinski definition) is 2. The van der Waals surface area contributed by atoms with Gasteiger partial charge in [0, 0.05) is 22.8 Å². The normalized spacial score (nSPS) is 15.3. The van der Waals surface area contributed by atoms with Gasteiger partial charge in [0.05, 0.1) is 0 Å². The molecule has 0 aliphatic carbocycles. The third-order valence-corrected chi connectivity index (χ3v) is 4.39. The summed E-state index contributed by atoms with van der Waals surface area (Å²) < 4.78 is 0. The number of carbonyl (C=O) groups excluding carboxylic acids is 1. The van der Waals surface area contributed by atoms with Crippen LogP contribution in [0.5, 0.6) is 0 Å². The first-order chi connectivity index (χ1) is 11.2. The third-order valence-electron chi connectivity index (χ3n) is 4.15. The molecule has 0 radical (unpaired) electrons. The molecule has 0 bridgehead atoms. The van der Waals surface area contributed by atoms with Gasteiger partial charge in [0.2, 0.25) is 0 Å². The van der Waals surface area contributed by atoms with Crippen molar-refractivity contribution in [2.75, 3.05) is 18.4 Å². The lowest BCUT2D eigenvalue weighted by atomic mass is 10.1. The number of nitrogens with one attached hydrogen (secondary N) is 1. The van der Waals surface area contributed by atoms with E-state index >= 15 is 0 Å². The number of benzene rings is 2. The molecule has 0 saturated carbocycles. The van der Waals surface area contributed by atoms with Crippen molar-refractivity contribution in [2.24, 2.45) is 0 Å². The molecular formula is C19H21ClN2O. The Labute approximate surface area is 142 Å². The van der Waals surface area contributed by atoms with Crippen molar-refractivity contribution in [3.63, 3.8) is 0 Å². The average molecular weight is 329 g/mol. The predicted octanol–water partition coefficient (Wildman–Crippen LogP) is 4.58. The van der Waals surface area contributed by atoms with E-state index in [1.54, 1.807) is 12.1 Å². The van der Waals surface area contributed by atoms with Crippen molar-refractivity contribution in [3.8, 4) is 0 Å². The minimum atomic E-state index is -0.114. The smallest absolute Gasteiger partial charge is 0.255 e. The number of hydrogen-bond donors (Lipinski definition) is 1. The number of amides is 1. The summed E-state index contributed by atoms with van der Waals surface area (Å²) in [5.41, 5.74) is 2.62. The van der Waals surface area contributed by atoms with Gasteiger partial charge in [0.25, 0.3) is 5.91 Å². The molecule has 3 rings (SSSR count). The molecule has 1 fully saturated rings. The first-order valence-corrected chi connectivity index (χ1v) is 8.47. The Morgan fingerprint density at radius 1 is 1.04 bits per heavy atom. The molecule has 1 amide bonds. The van der Waals surface area contributed by atoms with E-state index < -0.39 is 0 Å². The highest BCUT2D eigenvalue weighted by molar-refractivity contribution is 6.30. The van der Waals surface area contributed by atoms with Crippen LogP contribution in [0.25, 0.3) is 0 Å². The summed E-state index contributed by atoms with van der Waals surface area (Å²) in [5, 5.41) is 3.48. The molecule has 120 valence electrons. The van der Waals surface area contributed by atoms with E-state index in [9.17, 15) is 4.79 Å². The van der Waals surface area contributed by atoms with Crippen molar-refractivity contribution in [2.45, 2.75) is 25.8 Å². The maximum atomic E-state index is 12.3. The van der Waals surface area contributed by atoms with Gasteiger partial charge in [-0.25, -0.2) is 0 Å². The van der Waals surface area contributed by atoms with E-state index in [0.717, 1.165) is 6.54 Å². The van der Waals surface area contributed by atoms with Gasteiger partial charge in [-0.3, -0.25) is 9.69 Å². The van der Waals surface area contributed by atoms with Gasteiger partial charge in [-0.15, -0.1) is 0 Å². The zero-order chi connectivity index (χ0) is 16.1. The van der Waals surface area contributed by atoms with E-state index in [1.165, 1.54) is 37.9 Å². The molecule has 1 aliphatic heterocycles. The Kier molecular flexibility index (Phi) is 5.31. The minimum Gasteiger partial charge on any atom is -0.322 e. The molecule has 3 nitrogen and oxygen atoms in total. The molecule has 1 N–H and O–H groups in total. The number of halogens is 1. The van der Waals surface area contributed by atoms with E-state index in [0.29, 0.717) is 16.3 Å². The second kappa shape index (κ2) is 7.62. The SMILES string of the molecule is O=C(Nc1cccc(Cl)c1)c1ccc(CN2CCCCC2)cc1. The van der Waals surface area contributed by atoms with E-state index in [-0.39, 0.29) is 5.91 Å². The molecular weight excluding hydrogens is 308 g/mol. The van der Waals surface area contributed by atoms with Crippen molar-refractivity contribution >= 4 is 23.2 Å². The maximum Gasteiger partial charge on any atom is 0.255 e. The summed E-state index contributed by atoms with van der Waals surface area (Å²) in [4.78, 5) is 14.7. The molecule has 0 atom stereocenters. The fraction of sp³-hybridized carbons (Fsp3) is 0.316. The van der Waals surface area contributed by atoms with Crippen LogP contribution in [0.3, 0.4) is 0 Å². The van der Waals surface area contributed by atoms with Crippen LogP contribution in [-0.2, 0) is 6.54 Å². The molecule has 4 heteroatoms. The second-order valence-electron chi connectivity index (χ2n) is 6.00. The first kappa shape index (κ1) is 16.0. The number of piperidine rings is 1. The summed E-state index contributed by atoms with van der Waals surface area (Å²) in [5.74, 6) is -0.114. The van der Waals surface area contributed by atoms with Crippen LogP contribution >= 0.6 is 11.6 Å². The van der Waals surface area contributed by atoms with Crippen LogP contribution in [0, 0.1) is 0 Å². The number of likely N-dealkylation sites (tertiary alicyclic amines) is 1. The fourth-order valence-corrected chi connectivity index (χ4v) is 3.10. The highest BCUT2D eigenvalue weighted by atomic mass is 35.5. The van der Waals surface area contributed by atoms with E-state index in [2.05, 4.69) is 10.2 Å². The summed E-state index contributed by atoms with van der Waals surface area (Å²) >= 11 is 5.93. The molecule has 1 aliphatic rings. The lowest BCUT2D eigenvalue weighted by Gasteiger charge is -2.26. The second-order valence-corrected chi connectivity index (χ2v) is 6.43. The lowest BCUT2D eigenvalue weighted by molar-refractivity contribution is 0.102. The van der Waals surface area contributed by atoms with Crippen molar-refractivity contribution < 1.29 is 4.79 Å². The minimum absolute atomic E-state index is 0.114. The summed E-state index contributed by atoms with van der Waals surface area (Å²) in [7, 11) is 0. The summed E-state index contributed by atoms with van der Waals surface area (Å²) in [6, 6.07) is 15.0. The van der Waals surface area contributed by atoms with Crippen LogP contribution in [0.2, 0.25) is 5.02 Å². The Morgan fingerprint density at radius 3 is 2.48 bits per heavy atom. The number of rotatable bonds is 4. The lowest BCUT2D eigenvalue weighted by Crippen LogP contribution is -2.29. The van der Waals surface area contributed by atoms with Gasteiger partial charge < -0.3 is 5.32 Å². The Morgan fingerprint density at radius 2 is 1.78 bits per heavy atom. The van der Waals surface area contributed by atoms with Crippen LogP contribution in [0.15, 0.2) is 48.5 Å². The fourth-order valence-electron chi connectivity index (χ4n) is 2.91. The zero-order valence-corrected chi connectivity index (χ0v) is 13.9. The standard InChI is InChI=1S/C19H21ClN2O/c20-17-5-4-6-18(13-17)21-19(23)16-9-7-15(8-10-16)14-22-11-2-1-3-12-22/h4-10,13H,1-3,11-12,14H2,(H,21,23). The Hall–Kier alpha value is -1.84. The number of anilines is 1. The zero-order valence-electron chi connectivity index (χ0n) is 13.1. The van der Waals surface area contributed by atoms with Crippen LogP contribution in [0.1, 0.15) is 35.2 Å². The van der Waals surface area contributed by atoms with E-state index in [4.69, 9.17) is 11.6 Å². The average Bonchev–Trinajstić information content (AvgIpc) is 2.56. The van der Waals surface area contributed by atoms with Gasteiger partial charge in [-0.05, 0) is 61.8 Å². The first-order valence-electron chi connectivity index (χ1n) is 8.09. The molecule has 2 aromatic carbocycles. The molecule has 23 heavy (non-hydrogen) atoms. The Bertz CT molecular complexity index is 663. The number of carbonyl (C=O) groups is 1. The highest BCUT2D eigenvalue weighted by Gasteiger charge is 2.11. The quantitative estimate of drug-likeness (QED) is 0.891. The van der Waals surface area contributed by atoms with E-state index in [1.807, 2.05) is 36.4 Å². The molecule has 0 spiro atoms. The highest BCUT2D eigenvalue weighted by Crippen LogP contribution is 2.17. The van der Waals surface area contributed by atoms with Crippen LogP contribution < -0.4 is 5.32 Å².